The topological polar surface area (TPSA) is 40.9 Å². The number of hydrogen-bond donors (Lipinski definition) is 0. The fourth-order valence-electron chi connectivity index (χ4n) is 1.67. The number of benzene rings is 2. The van der Waals surface area contributed by atoms with E-state index in [0.717, 1.165) is 10.8 Å². The van der Waals surface area contributed by atoms with Crippen LogP contribution >= 0.6 is 11.6 Å². The van der Waals surface area contributed by atoms with Gasteiger partial charge in [0.15, 0.2) is 5.78 Å². The summed E-state index contributed by atoms with van der Waals surface area (Å²) in [7, 11) is 0. The van der Waals surface area contributed by atoms with Crippen molar-refractivity contribution in [1.29, 1.82) is 5.26 Å². The van der Waals surface area contributed by atoms with E-state index in [1.54, 1.807) is 12.1 Å². The molecule has 0 saturated heterocycles. The van der Waals surface area contributed by atoms with Gasteiger partial charge in [0.2, 0.25) is 0 Å². The van der Waals surface area contributed by atoms with Gasteiger partial charge in [0, 0.05) is 16.0 Å². The van der Waals surface area contributed by atoms with Crippen molar-refractivity contribution in [3.05, 3.63) is 47.0 Å². The molecule has 0 bridgehead atoms. The minimum atomic E-state index is -0.171. The van der Waals surface area contributed by atoms with Gasteiger partial charge in [-0.2, -0.15) is 5.26 Å². The van der Waals surface area contributed by atoms with Crippen LogP contribution in [0.5, 0.6) is 0 Å². The molecule has 0 N–H and O–H groups in total. The van der Waals surface area contributed by atoms with E-state index in [4.69, 9.17) is 16.9 Å². The van der Waals surface area contributed by atoms with E-state index in [1.165, 1.54) is 0 Å². The van der Waals surface area contributed by atoms with Crippen molar-refractivity contribution in [2.45, 2.75) is 6.42 Å². The minimum Gasteiger partial charge on any atom is -0.293 e. The standard InChI is InChI=1S/C13H8ClNO/c14-12-6-5-11(13(16)7-8-15)9-3-1-2-4-10(9)12/h1-6H,7H2. The van der Waals surface area contributed by atoms with Crippen LogP contribution in [0.2, 0.25) is 5.02 Å². The third kappa shape index (κ3) is 1.78. The Bertz CT molecular complexity index is 598. The number of carbonyl (C=O) groups excluding carboxylic acids is 1. The van der Waals surface area contributed by atoms with Crippen LogP contribution in [-0.2, 0) is 0 Å². The number of carbonyl (C=O) groups is 1. The molecule has 2 nitrogen and oxygen atoms in total. The van der Waals surface area contributed by atoms with Gasteiger partial charge in [-0.3, -0.25) is 4.79 Å². The molecule has 0 aliphatic carbocycles. The van der Waals surface area contributed by atoms with E-state index in [2.05, 4.69) is 0 Å². The van der Waals surface area contributed by atoms with Crippen LogP contribution in [0.3, 0.4) is 0 Å². The van der Waals surface area contributed by atoms with E-state index in [9.17, 15) is 4.79 Å². The quantitative estimate of drug-likeness (QED) is 0.739. The van der Waals surface area contributed by atoms with E-state index in [-0.39, 0.29) is 12.2 Å². The van der Waals surface area contributed by atoms with Gasteiger partial charge in [0.25, 0.3) is 0 Å². The molecule has 16 heavy (non-hydrogen) atoms. The average Bonchev–Trinajstić information content (AvgIpc) is 2.30. The zero-order chi connectivity index (χ0) is 11.5. The largest absolute Gasteiger partial charge is 0.293 e. The summed E-state index contributed by atoms with van der Waals surface area (Å²) in [6.45, 7) is 0. The van der Waals surface area contributed by atoms with Gasteiger partial charge in [-0.15, -0.1) is 0 Å². The average molecular weight is 230 g/mol. The normalized spacial score (nSPS) is 10.0. The first-order valence-electron chi connectivity index (χ1n) is 4.81. The summed E-state index contributed by atoms with van der Waals surface area (Å²) < 4.78 is 0. The van der Waals surface area contributed by atoms with Gasteiger partial charge in [-0.05, 0) is 17.5 Å². The van der Waals surface area contributed by atoms with Gasteiger partial charge in [-0.1, -0.05) is 35.9 Å². The lowest BCUT2D eigenvalue weighted by Crippen LogP contribution is -1.98. The first-order chi connectivity index (χ1) is 7.74. The SMILES string of the molecule is N#CCC(=O)c1ccc(Cl)c2ccccc12. The van der Waals surface area contributed by atoms with Gasteiger partial charge in [0.05, 0.1) is 12.5 Å². The Morgan fingerprint density at radius 2 is 1.88 bits per heavy atom. The molecule has 78 valence electrons. The Morgan fingerprint density at radius 3 is 2.56 bits per heavy atom. The fourth-order valence-corrected chi connectivity index (χ4v) is 1.90. The maximum atomic E-state index is 11.7. The molecule has 2 aromatic rings. The molecule has 0 saturated carbocycles. The summed E-state index contributed by atoms with van der Waals surface area (Å²) in [6, 6.07) is 12.6. The van der Waals surface area contributed by atoms with Gasteiger partial charge < -0.3 is 0 Å². The Kier molecular flexibility index (Phi) is 2.89. The smallest absolute Gasteiger partial charge is 0.177 e. The number of rotatable bonds is 2. The minimum absolute atomic E-state index is 0.106. The molecule has 2 aromatic carbocycles. The van der Waals surface area contributed by atoms with Crippen molar-refractivity contribution in [3.63, 3.8) is 0 Å². The van der Waals surface area contributed by atoms with Crippen molar-refractivity contribution in [1.82, 2.24) is 0 Å². The monoisotopic (exact) mass is 229 g/mol. The fraction of sp³-hybridized carbons (Fsp3) is 0.0769. The van der Waals surface area contributed by atoms with Crippen LogP contribution in [0.25, 0.3) is 10.8 Å². The van der Waals surface area contributed by atoms with Crippen molar-refractivity contribution in [3.8, 4) is 6.07 Å². The predicted molar refractivity (Wildman–Crippen MR) is 63.5 cm³/mol. The third-order valence-electron chi connectivity index (χ3n) is 2.41. The molecule has 0 heterocycles. The predicted octanol–water partition coefficient (Wildman–Crippen LogP) is 3.59. The second kappa shape index (κ2) is 4.34. The summed E-state index contributed by atoms with van der Waals surface area (Å²) in [5, 5.41) is 10.8. The van der Waals surface area contributed by atoms with Crippen LogP contribution in [0.1, 0.15) is 16.8 Å². The number of ketones is 1. The zero-order valence-electron chi connectivity index (χ0n) is 8.40. The number of nitrogens with zero attached hydrogens (tertiary/aromatic N) is 1. The molecule has 0 unspecified atom stereocenters. The van der Waals surface area contributed by atoms with Crippen LogP contribution in [0, 0.1) is 11.3 Å². The second-order valence-corrected chi connectivity index (χ2v) is 3.81. The van der Waals surface area contributed by atoms with Crippen molar-refractivity contribution < 1.29 is 4.79 Å². The lowest BCUT2D eigenvalue weighted by atomic mass is 10.0. The van der Waals surface area contributed by atoms with E-state index >= 15 is 0 Å². The first kappa shape index (κ1) is 10.7. The number of halogens is 1. The lowest BCUT2D eigenvalue weighted by Gasteiger charge is -2.05. The number of Topliss-reactive ketones (excluding diaryl/α,β-unsaturated/α-hetero) is 1. The highest BCUT2D eigenvalue weighted by Gasteiger charge is 2.10. The molecule has 2 rings (SSSR count). The summed E-state index contributed by atoms with van der Waals surface area (Å²) in [5.41, 5.74) is 0.557. The highest BCUT2D eigenvalue weighted by atomic mass is 35.5. The number of nitriles is 1. The van der Waals surface area contributed by atoms with Crippen LogP contribution < -0.4 is 0 Å². The maximum Gasteiger partial charge on any atom is 0.177 e. The summed E-state index contributed by atoms with van der Waals surface area (Å²) in [5.74, 6) is -0.171. The summed E-state index contributed by atoms with van der Waals surface area (Å²) in [4.78, 5) is 11.7. The van der Waals surface area contributed by atoms with Crippen LogP contribution in [0.15, 0.2) is 36.4 Å². The molecule has 0 fully saturated rings. The summed E-state index contributed by atoms with van der Waals surface area (Å²) in [6.07, 6.45) is -0.106. The Morgan fingerprint density at radius 1 is 1.19 bits per heavy atom. The molecular formula is C13H8ClNO. The molecule has 0 atom stereocenters. The molecule has 0 amide bonds. The number of hydrogen-bond acceptors (Lipinski definition) is 2. The molecule has 0 radical (unpaired) electrons. The van der Waals surface area contributed by atoms with Gasteiger partial charge in [0.1, 0.15) is 0 Å². The second-order valence-electron chi connectivity index (χ2n) is 3.40. The zero-order valence-corrected chi connectivity index (χ0v) is 9.16. The van der Waals surface area contributed by atoms with Crippen molar-refractivity contribution in [2.24, 2.45) is 0 Å². The first-order valence-corrected chi connectivity index (χ1v) is 5.19. The molecule has 3 heteroatoms. The summed E-state index contributed by atoms with van der Waals surface area (Å²) >= 11 is 6.03. The Balaban J connectivity index is 2.68. The number of fused-ring (bicyclic) bond motifs is 1. The van der Waals surface area contributed by atoms with Crippen molar-refractivity contribution >= 4 is 28.2 Å². The molecule has 0 aliphatic rings. The van der Waals surface area contributed by atoms with Crippen molar-refractivity contribution in [2.75, 3.05) is 0 Å². The Labute approximate surface area is 98.1 Å². The van der Waals surface area contributed by atoms with E-state index in [1.807, 2.05) is 30.3 Å². The lowest BCUT2D eigenvalue weighted by molar-refractivity contribution is 0.0999. The van der Waals surface area contributed by atoms with Crippen LogP contribution in [-0.4, -0.2) is 5.78 Å². The van der Waals surface area contributed by atoms with E-state index in [0.29, 0.717) is 10.6 Å². The molecule has 0 spiro atoms. The third-order valence-corrected chi connectivity index (χ3v) is 2.74. The Hall–Kier alpha value is -1.85. The van der Waals surface area contributed by atoms with Gasteiger partial charge >= 0.3 is 0 Å². The van der Waals surface area contributed by atoms with Crippen LogP contribution in [0.4, 0.5) is 0 Å². The highest BCUT2D eigenvalue weighted by Crippen LogP contribution is 2.26. The molecule has 0 aromatic heterocycles. The van der Waals surface area contributed by atoms with E-state index < -0.39 is 0 Å². The van der Waals surface area contributed by atoms with Gasteiger partial charge in [-0.25, -0.2) is 0 Å². The highest BCUT2D eigenvalue weighted by molar-refractivity contribution is 6.36. The maximum absolute atomic E-state index is 11.7. The molecule has 0 aliphatic heterocycles. The molecular weight excluding hydrogens is 222 g/mol.